The smallest absolute Gasteiger partial charge is 0.0995 e. The van der Waals surface area contributed by atoms with Crippen LogP contribution in [0.15, 0.2) is 12.5 Å². The van der Waals surface area contributed by atoms with Crippen molar-refractivity contribution in [3.05, 3.63) is 18.2 Å². The molecule has 15 heavy (non-hydrogen) atoms. The normalized spacial score (nSPS) is 15.2. The summed E-state index contributed by atoms with van der Waals surface area (Å²) in [4.78, 5) is 4.05. The minimum absolute atomic E-state index is 0.136. The van der Waals surface area contributed by atoms with Gasteiger partial charge in [0.15, 0.2) is 0 Å². The largest absolute Gasteiger partial charge is 0.386 e. The number of aryl methyl sites for hydroxylation is 1. The van der Waals surface area contributed by atoms with Crippen LogP contribution >= 0.6 is 0 Å². The molecular formula is C11H21N3O. The third-order valence-corrected chi connectivity index (χ3v) is 2.80. The molecule has 1 heterocycles. The van der Waals surface area contributed by atoms with Crippen molar-refractivity contribution in [2.75, 3.05) is 6.54 Å². The highest BCUT2D eigenvalue weighted by Gasteiger charge is 2.21. The van der Waals surface area contributed by atoms with Crippen molar-refractivity contribution in [1.29, 1.82) is 0 Å². The molecule has 0 bridgehead atoms. The molecule has 3 N–H and O–H groups in total. The maximum atomic E-state index is 10.2. The summed E-state index contributed by atoms with van der Waals surface area (Å²) in [6.07, 6.45) is 4.98. The zero-order chi connectivity index (χ0) is 11.3. The van der Waals surface area contributed by atoms with Crippen LogP contribution < -0.4 is 5.73 Å². The van der Waals surface area contributed by atoms with Crippen molar-refractivity contribution in [3.63, 3.8) is 0 Å². The van der Waals surface area contributed by atoms with Crippen molar-refractivity contribution in [1.82, 2.24) is 9.55 Å². The Kier molecular flexibility index (Phi) is 4.78. The van der Waals surface area contributed by atoms with E-state index < -0.39 is 6.10 Å². The Hall–Kier alpha value is -0.870. The van der Waals surface area contributed by atoms with Gasteiger partial charge in [0.1, 0.15) is 0 Å². The lowest BCUT2D eigenvalue weighted by atomic mass is 9.95. The van der Waals surface area contributed by atoms with E-state index in [0.29, 0.717) is 6.54 Å². The van der Waals surface area contributed by atoms with E-state index >= 15 is 0 Å². The van der Waals surface area contributed by atoms with E-state index in [2.05, 4.69) is 11.9 Å². The lowest BCUT2D eigenvalue weighted by Gasteiger charge is -2.21. The highest BCUT2D eigenvalue weighted by molar-refractivity contribution is 5.04. The second-order valence-corrected chi connectivity index (χ2v) is 3.83. The molecule has 0 aromatic carbocycles. The molecule has 86 valence electrons. The highest BCUT2D eigenvalue weighted by atomic mass is 16.3. The molecule has 0 radical (unpaired) electrons. The first-order valence-corrected chi connectivity index (χ1v) is 5.62. The SMILES string of the molecule is CCCC(CN)C(O)c1cncn1CC. The van der Waals surface area contributed by atoms with Crippen LogP contribution in [0, 0.1) is 5.92 Å². The molecular weight excluding hydrogens is 190 g/mol. The van der Waals surface area contributed by atoms with Crippen LogP contribution in [0.3, 0.4) is 0 Å². The van der Waals surface area contributed by atoms with Crippen LogP contribution in [-0.2, 0) is 6.54 Å². The number of rotatable bonds is 6. The van der Waals surface area contributed by atoms with Crippen LogP contribution in [-0.4, -0.2) is 21.2 Å². The number of aliphatic hydroxyl groups excluding tert-OH is 1. The van der Waals surface area contributed by atoms with E-state index in [0.717, 1.165) is 25.1 Å². The quantitative estimate of drug-likeness (QED) is 0.745. The Bertz CT molecular complexity index is 285. The fraction of sp³-hybridized carbons (Fsp3) is 0.727. The Morgan fingerprint density at radius 2 is 2.27 bits per heavy atom. The van der Waals surface area contributed by atoms with E-state index in [-0.39, 0.29) is 5.92 Å². The molecule has 4 heteroatoms. The van der Waals surface area contributed by atoms with Gasteiger partial charge in [-0.05, 0) is 19.9 Å². The minimum Gasteiger partial charge on any atom is -0.386 e. The fourth-order valence-corrected chi connectivity index (χ4v) is 1.86. The average molecular weight is 211 g/mol. The van der Waals surface area contributed by atoms with Gasteiger partial charge in [0.05, 0.1) is 24.3 Å². The van der Waals surface area contributed by atoms with Gasteiger partial charge in [-0.2, -0.15) is 0 Å². The molecule has 0 aliphatic carbocycles. The summed E-state index contributed by atoms with van der Waals surface area (Å²) in [5.74, 6) is 0.136. The molecule has 0 saturated heterocycles. The van der Waals surface area contributed by atoms with Crippen molar-refractivity contribution in [2.45, 2.75) is 39.3 Å². The van der Waals surface area contributed by atoms with Gasteiger partial charge >= 0.3 is 0 Å². The van der Waals surface area contributed by atoms with Crippen LogP contribution in [0.5, 0.6) is 0 Å². The van der Waals surface area contributed by atoms with Crippen LogP contribution in [0.2, 0.25) is 0 Å². The van der Waals surface area contributed by atoms with Gasteiger partial charge in [-0.3, -0.25) is 0 Å². The second-order valence-electron chi connectivity index (χ2n) is 3.83. The van der Waals surface area contributed by atoms with Gasteiger partial charge < -0.3 is 15.4 Å². The molecule has 0 aliphatic rings. The second kappa shape index (κ2) is 5.88. The summed E-state index contributed by atoms with van der Waals surface area (Å²) in [5.41, 5.74) is 6.54. The zero-order valence-electron chi connectivity index (χ0n) is 9.56. The third kappa shape index (κ3) is 2.79. The first-order chi connectivity index (χ1) is 7.24. The minimum atomic E-state index is -0.489. The van der Waals surface area contributed by atoms with E-state index in [1.165, 1.54) is 0 Å². The van der Waals surface area contributed by atoms with Crippen LogP contribution in [0.1, 0.15) is 38.5 Å². The molecule has 4 nitrogen and oxygen atoms in total. The topological polar surface area (TPSA) is 64.1 Å². The number of hydrogen-bond donors (Lipinski definition) is 2. The molecule has 0 spiro atoms. The van der Waals surface area contributed by atoms with Crippen molar-refractivity contribution >= 4 is 0 Å². The lowest BCUT2D eigenvalue weighted by Crippen LogP contribution is -2.23. The number of aromatic nitrogens is 2. The molecule has 1 aromatic heterocycles. The number of nitrogens with zero attached hydrogens (tertiary/aromatic N) is 2. The van der Waals surface area contributed by atoms with Gasteiger partial charge in [-0.1, -0.05) is 13.3 Å². The number of aliphatic hydroxyl groups is 1. The van der Waals surface area contributed by atoms with E-state index in [1.54, 1.807) is 12.5 Å². The van der Waals surface area contributed by atoms with Crippen LogP contribution in [0.4, 0.5) is 0 Å². The summed E-state index contributed by atoms with van der Waals surface area (Å²) >= 11 is 0. The number of nitrogens with two attached hydrogens (primary N) is 1. The molecule has 2 atom stereocenters. The first kappa shape index (κ1) is 12.2. The van der Waals surface area contributed by atoms with Gasteiger partial charge in [-0.15, -0.1) is 0 Å². The lowest BCUT2D eigenvalue weighted by molar-refractivity contribution is 0.0989. The fourth-order valence-electron chi connectivity index (χ4n) is 1.86. The average Bonchev–Trinajstić information content (AvgIpc) is 2.72. The maximum Gasteiger partial charge on any atom is 0.0995 e. The standard InChI is InChI=1S/C11H21N3O/c1-3-5-9(6-12)11(15)10-7-13-8-14(10)4-2/h7-9,11,15H,3-6,12H2,1-2H3. The van der Waals surface area contributed by atoms with Crippen molar-refractivity contribution in [3.8, 4) is 0 Å². The Morgan fingerprint density at radius 1 is 1.53 bits per heavy atom. The van der Waals surface area contributed by atoms with E-state index in [1.807, 2.05) is 11.5 Å². The first-order valence-electron chi connectivity index (χ1n) is 5.62. The molecule has 0 fully saturated rings. The predicted octanol–water partition coefficient (Wildman–Crippen LogP) is 1.31. The molecule has 2 unspecified atom stereocenters. The van der Waals surface area contributed by atoms with Gasteiger partial charge in [-0.25, -0.2) is 4.98 Å². The number of imidazole rings is 1. The molecule has 0 amide bonds. The Morgan fingerprint density at radius 3 is 2.80 bits per heavy atom. The Labute approximate surface area is 91.1 Å². The molecule has 1 aromatic rings. The van der Waals surface area contributed by atoms with Crippen molar-refractivity contribution < 1.29 is 5.11 Å². The van der Waals surface area contributed by atoms with E-state index in [4.69, 9.17) is 5.73 Å². The third-order valence-electron chi connectivity index (χ3n) is 2.80. The summed E-state index contributed by atoms with van der Waals surface area (Å²) < 4.78 is 1.96. The maximum absolute atomic E-state index is 10.2. The van der Waals surface area contributed by atoms with Gasteiger partial charge in [0.2, 0.25) is 0 Å². The van der Waals surface area contributed by atoms with E-state index in [9.17, 15) is 5.11 Å². The Balaban J connectivity index is 2.77. The summed E-state index contributed by atoms with van der Waals surface area (Å²) in [7, 11) is 0. The van der Waals surface area contributed by atoms with Crippen LogP contribution in [0.25, 0.3) is 0 Å². The monoisotopic (exact) mass is 211 g/mol. The highest BCUT2D eigenvalue weighted by Crippen LogP contribution is 2.24. The molecule has 0 saturated carbocycles. The van der Waals surface area contributed by atoms with Gasteiger partial charge in [0.25, 0.3) is 0 Å². The predicted molar refractivity (Wildman–Crippen MR) is 60.3 cm³/mol. The van der Waals surface area contributed by atoms with Gasteiger partial charge in [0, 0.05) is 12.5 Å². The summed E-state index contributed by atoms with van der Waals surface area (Å²) in [5, 5.41) is 10.2. The number of hydrogen-bond acceptors (Lipinski definition) is 3. The molecule has 0 aliphatic heterocycles. The summed E-state index contributed by atoms with van der Waals surface area (Å²) in [6, 6.07) is 0. The van der Waals surface area contributed by atoms with Crippen molar-refractivity contribution in [2.24, 2.45) is 11.7 Å². The zero-order valence-corrected chi connectivity index (χ0v) is 9.56. The molecule has 1 rings (SSSR count). The summed E-state index contributed by atoms with van der Waals surface area (Å²) in [6.45, 7) is 5.49.